The molecule has 0 bridgehead atoms. The first-order chi connectivity index (χ1) is 15.9. The molecular formula is C25H18F2N2O4. The molecule has 4 rings (SSSR count). The number of hydrogen-bond donors (Lipinski definition) is 1. The molecule has 0 aliphatic rings. The summed E-state index contributed by atoms with van der Waals surface area (Å²) in [7, 11) is 1.45. The van der Waals surface area contributed by atoms with Crippen LogP contribution in [0.2, 0.25) is 0 Å². The van der Waals surface area contributed by atoms with Gasteiger partial charge in [-0.3, -0.25) is 14.4 Å². The van der Waals surface area contributed by atoms with Gasteiger partial charge in [0, 0.05) is 23.5 Å². The summed E-state index contributed by atoms with van der Waals surface area (Å²) < 4.78 is 33.3. The maximum absolute atomic E-state index is 13.5. The van der Waals surface area contributed by atoms with Crippen LogP contribution in [0.5, 0.6) is 5.75 Å². The van der Waals surface area contributed by atoms with Crippen LogP contribution < -0.4 is 15.5 Å². The van der Waals surface area contributed by atoms with Gasteiger partial charge in [0.05, 0.1) is 23.6 Å². The summed E-state index contributed by atoms with van der Waals surface area (Å²) in [6.07, 6.45) is 1.33. The zero-order chi connectivity index (χ0) is 23.5. The zero-order valence-corrected chi connectivity index (χ0v) is 17.5. The summed E-state index contributed by atoms with van der Waals surface area (Å²) >= 11 is 0. The number of fused-ring (bicyclic) bond motifs is 1. The Bertz CT molecular complexity index is 1430. The number of amides is 1. The van der Waals surface area contributed by atoms with Crippen molar-refractivity contribution in [3.05, 3.63) is 106 Å². The van der Waals surface area contributed by atoms with E-state index < -0.39 is 28.8 Å². The van der Waals surface area contributed by atoms with Crippen LogP contribution in [0.1, 0.15) is 15.9 Å². The minimum absolute atomic E-state index is 0.0755. The number of benzene rings is 3. The number of ketones is 1. The van der Waals surface area contributed by atoms with Gasteiger partial charge in [0.2, 0.25) is 11.3 Å². The molecule has 4 aromatic rings. The van der Waals surface area contributed by atoms with Crippen molar-refractivity contribution in [2.75, 3.05) is 12.4 Å². The fraction of sp³-hybridized carbons (Fsp3) is 0.0800. The molecule has 0 unspecified atom stereocenters. The van der Waals surface area contributed by atoms with Gasteiger partial charge in [0.1, 0.15) is 12.3 Å². The van der Waals surface area contributed by atoms with E-state index in [1.807, 2.05) is 0 Å². The topological polar surface area (TPSA) is 77.4 Å². The number of anilines is 1. The number of hydrogen-bond acceptors (Lipinski definition) is 4. The van der Waals surface area contributed by atoms with E-state index in [-0.39, 0.29) is 23.2 Å². The molecule has 0 radical (unpaired) electrons. The SMILES string of the molecule is COc1ccc2c(c1)c(=O)c(C(=O)c1ccccc1)cn2CC(=O)Nc1ccc(F)c(F)c1. The van der Waals surface area contributed by atoms with Gasteiger partial charge in [-0.2, -0.15) is 0 Å². The monoisotopic (exact) mass is 448 g/mol. The minimum Gasteiger partial charge on any atom is -0.497 e. The number of pyridine rings is 1. The predicted octanol–water partition coefficient (Wildman–Crippen LogP) is 4.16. The van der Waals surface area contributed by atoms with E-state index >= 15 is 0 Å². The summed E-state index contributed by atoms with van der Waals surface area (Å²) in [6, 6.07) is 16.1. The van der Waals surface area contributed by atoms with Gasteiger partial charge >= 0.3 is 0 Å². The third kappa shape index (κ3) is 4.50. The van der Waals surface area contributed by atoms with E-state index in [1.54, 1.807) is 42.5 Å². The van der Waals surface area contributed by atoms with E-state index in [1.165, 1.54) is 30.0 Å². The van der Waals surface area contributed by atoms with Crippen molar-refractivity contribution < 1.29 is 23.1 Å². The molecule has 0 spiro atoms. The van der Waals surface area contributed by atoms with Crippen molar-refractivity contribution in [1.29, 1.82) is 0 Å². The van der Waals surface area contributed by atoms with E-state index in [0.29, 0.717) is 16.8 Å². The Labute approximate surface area is 187 Å². The maximum Gasteiger partial charge on any atom is 0.244 e. The van der Waals surface area contributed by atoms with Crippen LogP contribution in [-0.2, 0) is 11.3 Å². The van der Waals surface area contributed by atoms with E-state index in [4.69, 9.17) is 4.74 Å². The smallest absolute Gasteiger partial charge is 0.244 e. The molecule has 0 atom stereocenters. The number of halogens is 2. The van der Waals surface area contributed by atoms with Crippen LogP contribution in [0.4, 0.5) is 14.5 Å². The van der Waals surface area contributed by atoms with Crippen molar-refractivity contribution >= 4 is 28.3 Å². The van der Waals surface area contributed by atoms with Gasteiger partial charge < -0.3 is 14.6 Å². The maximum atomic E-state index is 13.5. The Morgan fingerprint density at radius 2 is 1.73 bits per heavy atom. The summed E-state index contributed by atoms with van der Waals surface area (Å²) in [5.74, 6) is -2.75. The summed E-state index contributed by atoms with van der Waals surface area (Å²) in [5, 5.41) is 2.69. The molecule has 6 nitrogen and oxygen atoms in total. The highest BCUT2D eigenvalue weighted by molar-refractivity contribution is 6.10. The fourth-order valence-electron chi connectivity index (χ4n) is 3.47. The first-order valence-corrected chi connectivity index (χ1v) is 9.93. The standard InChI is InChI=1S/C25H18F2N2O4/c1-33-17-8-10-22-18(12-17)25(32)19(24(31)15-5-3-2-4-6-15)13-29(22)14-23(30)28-16-7-9-20(26)21(27)11-16/h2-13H,14H2,1H3,(H,28,30). The second-order valence-corrected chi connectivity index (χ2v) is 7.26. The van der Waals surface area contributed by atoms with Crippen LogP contribution in [0.25, 0.3) is 10.9 Å². The summed E-state index contributed by atoms with van der Waals surface area (Å²) in [4.78, 5) is 38.8. The lowest BCUT2D eigenvalue weighted by Crippen LogP contribution is -2.24. The van der Waals surface area contributed by atoms with Gasteiger partial charge in [-0.25, -0.2) is 8.78 Å². The fourth-order valence-corrected chi connectivity index (χ4v) is 3.47. The summed E-state index contributed by atoms with van der Waals surface area (Å²) in [5.41, 5.74) is 0.213. The van der Waals surface area contributed by atoms with E-state index in [0.717, 1.165) is 12.1 Å². The highest BCUT2D eigenvalue weighted by Gasteiger charge is 2.19. The third-order valence-electron chi connectivity index (χ3n) is 5.09. The van der Waals surface area contributed by atoms with Crippen molar-refractivity contribution in [1.82, 2.24) is 4.57 Å². The molecule has 1 aromatic heterocycles. The number of ether oxygens (including phenoxy) is 1. The molecule has 8 heteroatoms. The van der Waals surface area contributed by atoms with Crippen LogP contribution in [0.15, 0.2) is 77.7 Å². The number of nitrogens with zero attached hydrogens (tertiary/aromatic N) is 1. The van der Waals surface area contributed by atoms with Crippen molar-refractivity contribution in [2.45, 2.75) is 6.54 Å². The number of methoxy groups -OCH3 is 1. The van der Waals surface area contributed by atoms with Gasteiger partial charge in [0.15, 0.2) is 17.4 Å². The van der Waals surface area contributed by atoms with Crippen molar-refractivity contribution in [3.63, 3.8) is 0 Å². The number of carbonyl (C=O) groups excluding carboxylic acids is 2. The highest BCUT2D eigenvalue weighted by atomic mass is 19.2. The zero-order valence-electron chi connectivity index (χ0n) is 17.5. The van der Waals surface area contributed by atoms with Gasteiger partial charge in [-0.1, -0.05) is 30.3 Å². The Morgan fingerprint density at radius 3 is 2.42 bits per heavy atom. The van der Waals surface area contributed by atoms with Crippen LogP contribution in [0, 0.1) is 11.6 Å². The Balaban J connectivity index is 1.76. The van der Waals surface area contributed by atoms with Crippen LogP contribution in [0.3, 0.4) is 0 Å². The second-order valence-electron chi connectivity index (χ2n) is 7.26. The lowest BCUT2D eigenvalue weighted by atomic mass is 10.0. The Hall–Kier alpha value is -4.33. The normalized spacial score (nSPS) is 10.8. The molecule has 0 aliphatic heterocycles. The molecule has 0 aliphatic carbocycles. The predicted molar refractivity (Wildman–Crippen MR) is 120 cm³/mol. The molecule has 1 amide bonds. The second kappa shape index (κ2) is 9.04. The highest BCUT2D eigenvalue weighted by Crippen LogP contribution is 2.21. The van der Waals surface area contributed by atoms with Gasteiger partial charge in [0.25, 0.3) is 0 Å². The number of rotatable bonds is 6. The number of nitrogens with one attached hydrogen (secondary N) is 1. The van der Waals surface area contributed by atoms with Crippen LogP contribution >= 0.6 is 0 Å². The van der Waals surface area contributed by atoms with E-state index in [9.17, 15) is 23.2 Å². The molecule has 1 N–H and O–H groups in total. The first-order valence-electron chi connectivity index (χ1n) is 9.93. The first kappa shape index (κ1) is 21.9. The van der Waals surface area contributed by atoms with Gasteiger partial charge in [-0.05, 0) is 30.3 Å². The summed E-state index contributed by atoms with van der Waals surface area (Å²) in [6.45, 7) is -0.281. The average Bonchev–Trinajstić information content (AvgIpc) is 2.83. The van der Waals surface area contributed by atoms with Crippen molar-refractivity contribution in [2.24, 2.45) is 0 Å². The lowest BCUT2D eigenvalue weighted by molar-refractivity contribution is -0.116. The molecular weight excluding hydrogens is 430 g/mol. The third-order valence-corrected chi connectivity index (χ3v) is 5.09. The average molecular weight is 448 g/mol. The minimum atomic E-state index is -1.09. The van der Waals surface area contributed by atoms with Crippen LogP contribution in [-0.4, -0.2) is 23.4 Å². The lowest BCUT2D eigenvalue weighted by Gasteiger charge is -2.14. The molecule has 33 heavy (non-hydrogen) atoms. The number of aromatic nitrogens is 1. The van der Waals surface area contributed by atoms with Crippen molar-refractivity contribution in [3.8, 4) is 5.75 Å². The molecule has 0 saturated heterocycles. The van der Waals surface area contributed by atoms with E-state index in [2.05, 4.69) is 5.32 Å². The number of carbonyl (C=O) groups is 2. The largest absolute Gasteiger partial charge is 0.497 e. The quantitative estimate of drug-likeness (QED) is 0.450. The molecule has 0 fully saturated rings. The molecule has 1 heterocycles. The molecule has 3 aromatic carbocycles. The Morgan fingerprint density at radius 1 is 0.970 bits per heavy atom. The Kier molecular flexibility index (Phi) is 5.99. The molecule has 166 valence electrons. The van der Waals surface area contributed by atoms with Gasteiger partial charge in [-0.15, -0.1) is 0 Å². The molecule has 0 saturated carbocycles.